The summed E-state index contributed by atoms with van der Waals surface area (Å²) < 4.78 is 5.27. The van der Waals surface area contributed by atoms with E-state index in [1.165, 1.54) is 0 Å². The topological polar surface area (TPSA) is 55.4 Å². The van der Waals surface area contributed by atoms with Crippen LogP contribution in [0, 0.1) is 0 Å². The second-order valence-corrected chi connectivity index (χ2v) is 4.31. The highest BCUT2D eigenvalue weighted by molar-refractivity contribution is 6.33. The Morgan fingerprint density at radius 3 is 2.94 bits per heavy atom. The quantitative estimate of drug-likeness (QED) is 0.815. The molecule has 0 heterocycles. The molecule has 1 amide bonds. The van der Waals surface area contributed by atoms with Crippen molar-refractivity contribution in [2.24, 2.45) is 0 Å². The first-order valence-electron chi connectivity index (χ1n) is 5.36. The fourth-order valence-corrected chi connectivity index (χ4v) is 1.61. The van der Waals surface area contributed by atoms with E-state index >= 15 is 0 Å². The Kier molecular flexibility index (Phi) is 3.64. The number of ether oxygens (including phenoxy) is 1. The zero-order valence-corrected chi connectivity index (χ0v) is 9.87. The van der Waals surface area contributed by atoms with Crippen LogP contribution in [-0.2, 0) is 4.79 Å². The van der Waals surface area contributed by atoms with Crippen molar-refractivity contribution in [3.8, 4) is 5.75 Å². The molecule has 0 radical (unpaired) electrons. The lowest BCUT2D eigenvalue weighted by atomic mass is 10.2. The van der Waals surface area contributed by atoms with Gasteiger partial charge in [-0.2, -0.15) is 0 Å². The van der Waals surface area contributed by atoms with Gasteiger partial charge in [0.2, 0.25) is 0 Å². The monoisotopic (exact) mass is 253 g/mol. The van der Waals surface area contributed by atoms with E-state index in [1.54, 1.807) is 18.2 Å². The van der Waals surface area contributed by atoms with Crippen molar-refractivity contribution < 1.29 is 14.3 Å². The number of rotatable bonds is 5. The minimum atomic E-state index is -0.177. The van der Waals surface area contributed by atoms with E-state index < -0.39 is 0 Å². The number of hydrogen-bond acceptors (Lipinski definition) is 3. The first-order valence-corrected chi connectivity index (χ1v) is 5.74. The van der Waals surface area contributed by atoms with Crippen molar-refractivity contribution in [3.63, 3.8) is 0 Å². The van der Waals surface area contributed by atoms with Gasteiger partial charge in [0, 0.05) is 6.04 Å². The maximum Gasteiger partial charge on any atom is 0.258 e. The van der Waals surface area contributed by atoms with E-state index in [9.17, 15) is 9.59 Å². The number of amides is 1. The lowest BCUT2D eigenvalue weighted by Gasteiger charge is -2.09. The average molecular weight is 254 g/mol. The summed E-state index contributed by atoms with van der Waals surface area (Å²) in [6.07, 6.45) is 2.68. The molecule has 90 valence electrons. The summed E-state index contributed by atoms with van der Waals surface area (Å²) in [5.41, 5.74) is 0.272. The molecule has 1 saturated carbocycles. The third-order valence-electron chi connectivity index (χ3n) is 2.43. The summed E-state index contributed by atoms with van der Waals surface area (Å²) in [6.45, 7) is -0.0995. The lowest BCUT2D eigenvalue weighted by Crippen LogP contribution is -2.30. The highest BCUT2D eigenvalue weighted by atomic mass is 35.5. The van der Waals surface area contributed by atoms with Crippen molar-refractivity contribution >= 4 is 23.8 Å². The van der Waals surface area contributed by atoms with Crippen LogP contribution >= 0.6 is 11.6 Å². The van der Waals surface area contributed by atoms with Gasteiger partial charge in [0.15, 0.2) is 12.9 Å². The van der Waals surface area contributed by atoms with Crippen LogP contribution in [0.1, 0.15) is 23.2 Å². The molecule has 1 aromatic rings. The third-order valence-corrected chi connectivity index (χ3v) is 2.76. The van der Waals surface area contributed by atoms with Gasteiger partial charge in [0.25, 0.3) is 5.91 Å². The van der Waals surface area contributed by atoms with Crippen LogP contribution in [0.3, 0.4) is 0 Å². The molecule has 0 unspecified atom stereocenters. The minimum Gasteiger partial charge on any atom is -0.483 e. The van der Waals surface area contributed by atoms with Gasteiger partial charge in [0.05, 0.1) is 10.6 Å². The first-order chi connectivity index (χ1) is 8.20. The SMILES string of the molecule is O=Cc1c(Cl)cccc1OCC(=O)NC1CC1. The van der Waals surface area contributed by atoms with Gasteiger partial charge < -0.3 is 10.1 Å². The summed E-state index contributed by atoms with van der Waals surface area (Å²) in [6, 6.07) is 5.18. The molecular formula is C12H12ClNO3. The summed E-state index contributed by atoms with van der Waals surface area (Å²) in [7, 11) is 0. The smallest absolute Gasteiger partial charge is 0.258 e. The van der Waals surface area contributed by atoms with Gasteiger partial charge in [-0.1, -0.05) is 17.7 Å². The molecule has 17 heavy (non-hydrogen) atoms. The standard InChI is InChI=1S/C12H12ClNO3/c13-10-2-1-3-11(9(10)6-15)17-7-12(16)14-8-4-5-8/h1-3,6,8H,4-5,7H2,(H,14,16). The molecule has 0 atom stereocenters. The lowest BCUT2D eigenvalue weighted by molar-refractivity contribution is -0.123. The van der Waals surface area contributed by atoms with E-state index in [0.29, 0.717) is 23.1 Å². The molecule has 1 aromatic carbocycles. The second kappa shape index (κ2) is 5.19. The van der Waals surface area contributed by atoms with E-state index in [-0.39, 0.29) is 18.1 Å². The number of carbonyl (C=O) groups is 2. The Bertz CT molecular complexity index is 443. The number of benzene rings is 1. The molecule has 0 spiro atoms. The number of aldehydes is 1. The van der Waals surface area contributed by atoms with Gasteiger partial charge in [-0.25, -0.2) is 0 Å². The van der Waals surface area contributed by atoms with E-state index in [4.69, 9.17) is 16.3 Å². The highest BCUT2D eigenvalue weighted by Gasteiger charge is 2.23. The molecule has 0 aromatic heterocycles. The largest absolute Gasteiger partial charge is 0.483 e. The van der Waals surface area contributed by atoms with Gasteiger partial charge in [0.1, 0.15) is 5.75 Å². The Hall–Kier alpha value is -1.55. The Morgan fingerprint density at radius 1 is 1.53 bits per heavy atom. The van der Waals surface area contributed by atoms with Crippen LogP contribution in [0.25, 0.3) is 0 Å². The first kappa shape index (κ1) is 11.9. The van der Waals surface area contributed by atoms with Crippen molar-refractivity contribution in [3.05, 3.63) is 28.8 Å². The van der Waals surface area contributed by atoms with Crippen LogP contribution in [-0.4, -0.2) is 24.8 Å². The zero-order chi connectivity index (χ0) is 12.3. The van der Waals surface area contributed by atoms with Crippen molar-refractivity contribution in [2.75, 3.05) is 6.61 Å². The van der Waals surface area contributed by atoms with Crippen LogP contribution in [0.4, 0.5) is 0 Å². The number of nitrogens with one attached hydrogen (secondary N) is 1. The fraction of sp³-hybridized carbons (Fsp3) is 0.333. The molecule has 5 heteroatoms. The number of carbonyl (C=O) groups excluding carboxylic acids is 2. The normalized spacial score (nSPS) is 14.2. The van der Waals surface area contributed by atoms with Crippen molar-refractivity contribution in [2.45, 2.75) is 18.9 Å². The molecule has 4 nitrogen and oxygen atoms in total. The summed E-state index contributed by atoms with van der Waals surface area (Å²) in [5.74, 6) is 0.155. The maximum atomic E-state index is 11.4. The summed E-state index contributed by atoms with van der Waals surface area (Å²) in [4.78, 5) is 22.2. The summed E-state index contributed by atoms with van der Waals surface area (Å²) >= 11 is 5.83. The average Bonchev–Trinajstić information content (AvgIpc) is 3.10. The van der Waals surface area contributed by atoms with E-state index in [0.717, 1.165) is 12.8 Å². The van der Waals surface area contributed by atoms with E-state index in [1.807, 2.05) is 0 Å². The van der Waals surface area contributed by atoms with Crippen molar-refractivity contribution in [1.82, 2.24) is 5.32 Å². The molecule has 1 N–H and O–H groups in total. The number of hydrogen-bond donors (Lipinski definition) is 1. The molecule has 0 saturated heterocycles. The minimum absolute atomic E-state index is 0.0995. The Morgan fingerprint density at radius 2 is 2.29 bits per heavy atom. The molecule has 1 fully saturated rings. The molecule has 1 aliphatic carbocycles. The van der Waals surface area contributed by atoms with Crippen LogP contribution in [0.15, 0.2) is 18.2 Å². The molecule has 0 aliphatic heterocycles. The Labute approximate surface area is 104 Å². The van der Waals surface area contributed by atoms with Crippen LogP contribution in [0.5, 0.6) is 5.75 Å². The molecule has 1 aliphatic rings. The third kappa shape index (κ3) is 3.20. The van der Waals surface area contributed by atoms with Crippen LogP contribution in [0.2, 0.25) is 5.02 Å². The zero-order valence-electron chi connectivity index (χ0n) is 9.11. The highest BCUT2D eigenvalue weighted by Crippen LogP contribution is 2.24. The van der Waals surface area contributed by atoms with Gasteiger partial charge >= 0.3 is 0 Å². The van der Waals surface area contributed by atoms with Gasteiger partial charge in [-0.05, 0) is 25.0 Å². The second-order valence-electron chi connectivity index (χ2n) is 3.90. The molecule has 0 bridgehead atoms. The van der Waals surface area contributed by atoms with E-state index in [2.05, 4.69) is 5.32 Å². The molecular weight excluding hydrogens is 242 g/mol. The maximum absolute atomic E-state index is 11.4. The Balaban J connectivity index is 1.95. The van der Waals surface area contributed by atoms with Gasteiger partial charge in [-0.15, -0.1) is 0 Å². The van der Waals surface area contributed by atoms with Crippen LogP contribution < -0.4 is 10.1 Å². The molecule has 2 rings (SSSR count). The number of halogens is 1. The predicted octanol–water partition coefficient (Wildman–Crippen LogP) is 1.81. The summed E-state index contributed by atoms with van der Waals surface area (Å²) in [5, 5.41) is 3.11. The predicted molar refractivity (Wildman–Crippen MR) is 63.5 cm³/mol. The van der Waals surface area contributed by atoms with Crippen molar-refractivity contribution in [1.29, 1.82) is 0 Å². The fourth-order valence-electron chi connectivity index (χ4n) is 1.40. The van der Waals surface area contributed by atoms with Gasteiger partial charge in [-0.3, -0.25) is 9.59 Å².